The van der Waals surface area contributed by atoms with Gasteiger partial charge in [-0.2, -0.15) is 0 Å². The first kappa shape index (κ1) is 12.7. The first-order valence-corrected chi connectivity index (χ1v) is 6.29. The highest BCUT2D eigenvalue weighted by molar-refractivity contribution is 6.09. The molecule has 18 heavy (non-hydrogen) atoms. The van der Waals surface area contributed by atoms with Crippen molar-refractivity contribution in [1.29, 1.82) is 0 Å². The van der Waals surface area contributed by atoms with Crippen LogP contribution in [0.5, 0.6) is 5.75 Å². The third-order valence-electron chi connectivity index (χ3n) is 3.22. The van der Waals surface area contributed by atoms with Crippen LogP contribution in [0.4, 0.5) is 0 Å². The van der Waals surface area contributed by atoms with Gasteiger partial charge in [0.2, 0.25) is 0 Å². The van der Waals surface area contributed by atoms with E-state index < -0.39 is 0 Å². The number of methoxy groups -OCH3 is 1. The predicted octanol–water partition coefficient (Wildman–Crippen LogP) is 3.51. The van der Waals surface area contributed by atoms with Crippen molar-refractivity contribution in [1.82, 2.24) is 4.57 Å². The van der Waals surface area contributed by atoms with Crippen LogP contribution in [0.15, 0.2) is 24.4 Å². The van der Waals surface area contributed by atoms with Crippen LogP contribution in [-0.4, -0.2) is 17.5 Å². The minimum absolute atomic E-state index is 0.00658. The van der Waals surface area contributed by atoms with E-state index >= 15 is 0 Å². The molecule has 0 N–H and O–H groups in total. The Bertz CT molecular complexity index is 581. The van der Waals surface area contributed by atoms with Crippen LogP contribution < -0.4 is 4.74 Å². The number of Topliss-reactive ketones (excluding diaryl/α,β-unsaturated/α-hetero) is 1. The van der Waals surface area contributed by atoms with E-state index in [9.17, 15) is 4.79 Å². The number of aromatic nitrogens is 1. The molecule has 0 spiro atoms. The Hall–Kier alpha value is -1.77. The summed E-state index contributed by atoms with van der Waals surface area (Å²) in [5.41, 5.74) is 1.88. The quantitative estimate of drug-likeness (QED) is 0.772. The first-order chi connectivity index (χ1) is 8.58. The fourth-order valence-corrected chi connectivity index (χ4v) is 2.17. The lowest BCUT2D eigenvalue weighted by Crippen LogP contribution is -2.06. The molecule has 0 saturated heterocycles. The maximum Gasteiger partial charge on any atom is 0.167 e. The summed E-state index contributed by atoms with van der Waals surface area (Å²) in [6, 6.07) is 5.88. The van der Waals surface area contributed by atoms with Gasteiger partial charge in [0, 0.05) is 35.1 Å². The molecule has 3 heteroatoms. The number of carbonyl (C=O) groups excluding carboxylic acids is 1. The molecule has 96 valence electrons. The van der Waals surface area contributed by atoms with Gasteiger partial charge in [0.15, 0.2) is 5.78 Å². The Morgan fingerprint density at radius 2 is 2.11 bits per heavy atom. The number of fused-ring (bicyclic) bond motifs is 1. The van der Waals surface area contributed by atoms with Crippen molar-refractivity contribution in [2.45, 2.75) is 27.3 Å². The van der Waals surface area contributed by atoms with Crippen molar-refractivity contribution in [2.24, 2.45) is 5.92 Å². The number of ketones is 1. The van der Waals surface area contributed by atoms with E-state index in [0.29, 0.717) is 0 Å². The molecular formula is C15H19NO2. The molecule has 1 heterocycles. The van der Waals surface area contributed by atoms with Crippen LogP contribution in [0.25, 0.3) is 10.9 Å². The lowest BCUT2D eigenvalue weighted by atomic mass is 10.0. The monoisotopic (exact) mass is 245 g/mol. The molecule has 0 aliphatic heterocycles. The zero-order valence-corrected chi connectivity index (χ0v) is 11.4. The summed E-state index contributed by atoms with van der Waals surface area (Å²) in [7, 11) is 1.64. The molecule has 0 unspecified atom stereocenters. The Morgan fingerprint density at radius 3 is 2.67 bits per heavy atom. The highest BCUT2D eigenvalue weighted by atomic mass is 16.5. The lowest BCUT2D eigenvalue weighted by molar-refractivity contribution is 0.0941. The lowest BCUT2D eigenvalue weighted by Gasteiger charge is -2.04. The van der Waals surface area contributed by atoms with Crippen molar-refractivity contribution in [3.63, 3.8) is 0 Å². The number of carbonyl (C=O) groups is 1. The minimum atomic E-state index is 0.00658. The average molecular weight is 245 g/mol. The second kappa shape index (κ2) is 4.84. The van der Waals surface area contributed by atoms with Gasteiger partial charge in [-0.1, -0.05) is 13.8 Å². The minimum Gasteiger partial charge on any atom is -0.497 e. The van der Waals surface area contributed by atoms with Crippen molar-refractivity contribution in [3.05, 3.63) is 30.0 Å². The fraction of sp³-hybridized carbons (Fsp3) is 0.400. The van der Waals surface area contributed by atoms with E-state index in [1.54, 1.807) is 7.11 Å². The van der Waals surface area contributed by atoms with Crippen LogP contribution >= 0.6 is 0 Å². The standard InChI is InChI=1S/C15H19NO2/c1-5-16-9-13(15(17)10(2)3)12-8-11(18-4)6-7-14(12)16/h6-10H,5H2,1-4H3. The van der Waals surface area contributed by atoms with Crippen LogP contribution in [0.3, 0.4) is 0 Å². The maximum atomic E-state index is 12.2. The molecule has 0 aliphatic rings. The smallest absolute Gasteiger partial charge is 0.167 e. The highest BCUT2D eigenvalue weighted by Gasteiger charge is 2.17. The Balaban J connectivity index is 2.68. The van der Waals surface area contributed by atoms with Crippen molar-refractivity contribution >= 4 is 16.7 Å². The fourth-order valence-electron chi connectivity index (χ4n) is 2.17. The van der Waals surface area contributed by atoms with Gasteiger partial charge in [-0.3, -0.25) is 4.79 Å². The Kier molecular flexibility index (Phi) is 3.41. The molecular weight excluding hydrogens is 226 g/mol. The third-order valence-corrected chi connectivity index (χ3v) is 3.22. The molecule has 0 amide bonds. The van der Waals surface area contributed by atoms with E-state index in [2.05, 4.69) is 11.5 Å². The number of ether oxygens (including phenoxy) is 1. The molecule has 0 aliphatic carbocycles. The molecule has 3 nitrogen and oxygen atoms in total. The summed E-state index contributed by atoms with van der Waals surface area (Å²) in [5, 5.41) is 0.981. The number of hydrogen-bond acceptors (Lipinski definition) is 2. The number of aryl methyl sites for hydroxylation is 1. The molecule has 2 aromatic rings. The van der Waals surface area contributed by atoms with Crippen molar-refractivity contribution in [3.8, 4) is 5.75 Å². The first-order valence-electron chi connectivity index (χ1n) is 6.29. The number of benzene rings is 1. The molecule has 0 radical (unpaired) electrons. The summed E-state index contributed by atoms with van der Waals surface area (Å²) in [6.45, 7) is 6.79. The predicted molar refractivity (Wildman–Crippen MR) is 73.3 cm³/mol. The van der Waals surface area contributed by atoms with E-state index in [0.717, 1.165) is 28.8 Å². The van der Waals surface area contributed by atoms with E-state index in [1.807, 2.05) is 38.2 Å². The van der Waals surface area contributed by atoms with Crippen molar-refractivity contribution < 1.29 is 9.53 Å². The highest BCUT2D eigenvalue weighted by Crippen LogP contribution is 2.27. The zero-order chi connectivity index (χ0) is 13.3. The molecule has 0 bridgehead atoms. The van der Waals surface area contributed by atoms with E-state index in [1.165, 1.54) is 0 Å². The van der Waals surface area contributed by atoms with Crippen LogP contribution in [-0.2, 0) is 6.54 Å². The van der Waals surface area contributed by atoms with Crippen LogP contribution in [0, 0.1) is 5.92 Å². The topological polar surface area (TPSA) is 31.2 Å². The second-order valence-electron chi connectivity index (χ2n) is 4.73. The van der Waals surface area contributed by atoms with Gasteiger partial charge in [0.1, 0.15) is 5.75 Å². The van der Waals surface area contributed by atoms with Gasteiger partial charge in [0.05, 0.1) is 7.11 Å². The molecule has 0 fully saturated rings. The van der Waals surface area contributed by atoms with Gasteiger partial charge in [-0.25, -0.2) is 0 Å². The number of hydrogen-bond donors (Lipinski definition) is 0. The molecule has 2 rings (SSSR count). The summed E-state index contributed by atoms with van der Waals surface area (Å²) < 4.78 is 7.34. The molecule has 0 atom stereocenters. The summed E-state index contributed by atoms with van der Waals surface area (Å²) >= 11 is 0. The SMILES string of the molecule is CCn1cc(C(=O)C(C)C)c2cc(OC)ccc21. The normalized spacial score (nSPS) is 11.2. The summed E-state index contributed by atoms with van der Waals surface area (Å²) in [4.78, 5) is 12.2. The average Bonchev–Trinajstić information content (AvgIpc) is 2.75. The maximum absolute atomic E-state index is 12.2. The molecule has 0 saturated carbocycles. The third kappa shape index (κ3) is 2.01. The summed E-state index contributed by atoms with van der Waals surface area (Å²) in [5.74, 6) is 0.974. The van der Waals surface area contributed by atoms with Gasteiger partial charge in [-0.15, -0.1) is 0 Å². The van der Waals surface area contributed by atoms with Crippen LogP contribution in [0.1, 0.15) is 31.1 Å². The Labute approximate surface area is 107 Å². The van der Waals surface area contributed by atoms with Gasteiger partial charge >= 0.3 is 0 Å². The second-order valence-corrected chi connectivity index (χ2v) is 4.73. The zero-order valence-electron chi connectivity index (χ0n) is 11.4. The van der Waals surface area contributed by atoms with Gasteiger partial charge in [0.25, 0.3) is 0 Å². The largest absolute Gasteiger partial charge is 0.497 e. The van der Waals surface area contributed by atoms with E-state index in [4.69, 9.17) is 4.74 Å². The van der Waals surface area contributed by atoms with Crippen molar-refractivity contribution in [2.75, 3.05) is 7.11 Å². The molecule has 1 aromatic carbocycles. The Morgan fingerprint density at radius 1 is 1.39 bits per heavy atom. The van der Waals surface area contributed by atoms with Crippen LogP contribution in [0.2, 0.25) is 0 Å². The van der Waals surface area contributed by atoms with Gasteiger partial charge < -0.3 is 9.30 Å². The number of nitrogens with zero attached hydrogens (tertiary/aromatic N) is 1. The molecule has 1 aromatic heterocycles. The van der Waals surface area contributed by atoms with E-state index in [-0.39, 0.29) is 11.7 Å². The van der Waals surface area contributed by atoms with Gasteiger partial charge in [-0.05, 0) is 25.1 Å². The summed E-state index contributed by atoms with van der Waals surface area (Å²) in [6.07, 6.45) is 1.95. The number of rotatable bonds is 4.